The van der Waals surface area contributed by atoms with Crippen molar-refractivity contribution in [2.75, 3.05) is 13.1 Å². The lowest BCUT2D eigenvalue weighted by Gasteiger charge is -2.25. The Hall–Kier alpha value is -3.42. The maximum atomic E-state index is 12.8. The highest BCUT2D eigenvalue weighted by Gasteiger charge is 2.30. The molecule has 3 unspecified atom stereocenters. The Morgan fingerprint density at radius 3 is 1.94 bits per heavy atom. The van der Waals surface area contributed by atoms with Gasteiger partial charge in [-0.15, -0.1) is 0 Å². The van der Waals surface area contributed by atoms with E-state index in [2.05, 4.69) is 20.9 Å². The Morgan fingerprint density at radius 1 is 0.906 bits per heavy atom. The average Bonchev–Trinajstić information content (AvgIpc) is 2.67. The summed E-state index contributed by atoms with van der Waals surface area (Å²) < 4.78 is 0. The summed E-state index contributed by atoms with van der Waals surface area (Å²) in [5, 5.41) is 25.1. The van der Waals surface area contributed by atoms with E-state index in [9.17, 15) is 24.0 Å². The summed E-state index contributed by atoms with van der Waals surface area (Å²) in [6.45, 7) is 3.47. The molecule has 3 atom stereocenters. The molecule has 3 amide bonds. The number of aliphatic carboxylic acids is 2. The van der Waals surface area contributed by atoms with E-state index < -0.39 is 54.2 Å². The van der Waals surface area contributed by atoms with Crippen LogP contribution in [0.5, 0.6) is 0 Å². The Balaban J connectivity index is 5.50. The van der Waals surface area contributed by atoms with Gasteiger partial charge in [-0.3, -0.25) is 24.2 Å². The maximum Gasteiger partial charge on any atom is 0.326 e. The van der Waals surface area contributed by atoms with E-state index in [4.69, 9.17) is 27.4 Å². The quantitative estimate of drug-likeness (QED) is 0.0702. The number of aliphatic imine (C=N–C) groups is 1. The third-order valence-electron chi connectivity index (χ3n) is 4.12. The van der Waals surface area contributed by atoms with Crippen molar-refractivity contribution in [3.05, 3.63) is 0 Å². The number of carbonyl (C=O) groups is 5. The minimum Gasteiger partial charge on any atom is -0.481 e. The number of carboxylic acids is 2. The molecular formula is C18H33N7O7. The van der Waals surface area contributed by atoms with E-state index in [0.717, 1.165) is 0 Å². The van der Waals surface area contributed by atoms with E-state index in [0.29, 0.717) is 0 Å². The molecule has 14 nitrogen and oxygen atoms in total. The number of carbonyl (C=O) groups excluding carboxylic acids is 3. The topological polar surface area (TPSA) is 252 Å². The number of carboxylic acid groups (broad SMARTS) is 2. The highest BCUT2D eigenvalue weighted by atomic mass is 16.4. The van der Waals surface area contributed by atoms with Crippen LogP contribution in [0.25, 0.3) is 0 Å². The van der Waals surface area contributed by atoms with Gasteiger partial charge in [0.05, 0.1) is 13.0 Å². The summed E-state index contributed by atoms with van der Waals surface area (Å²) in [6.07, 6.45) is -0.321. The van der Waals surface area contributed by atoms with Crippen molar-refractivity contribution < 1.29 is 34.2 Å². The van der Waals surface area contributed by atoms with Crippen molar-refractivity contribution in [1.82, 2.24) is 16.0 Å². The van der Waals surface area contributed by atoms with Crippen molar-refractivity contribution in [3.8, 4) is 0 Å². The number of amides is 3. The van der Waals surface area contributed by atoms with Crippen molar-refractivity contribution >= 4 is 35.6 Å². The van der Waals surface area contributed by atoms with Crippen molar-refractivity contribution in [3.63, 3.8) is 0 Å². The lowest BCUT2D eigenvalue weighted by Crippen LogP contribution is -2.56. The molecular weight excluding hydrogens is 426 g/mol. The van der Waals surface area contributed by atoms with Gasteiger partial charge in [-0.25, -0.2) is 4.79 Å². The number of nitrogens with two attached hydrogens (primary N) is 3. The van der Waals surface area contributed by atoms with E-state index in [1.165, 1.54) is 0 Å². The van der Waals surface area contributed by atoms with Crippen LogP contribution < -0.4 is 33.2 Å². The number of guanidine groups is 1. The molecule has 0 saturated heterocycles. The van der Waals surface area contributed by atoms with Gasteiger partial charge in [-0.2, -0.15) is 0 Å². The van der Waals surface area contributed by atoms with Crippen LogP contribution in [0.3, 0.4) is 0 Å². The zero-order valence-electron chi connectivity index (χ0n) is 18.2. The first-order valence-electron chi connectivity index (χ1n) is 9.97. The van der Waals surface area contributed by atoms with Crippen LogP contribution in [-0.2, 0) is 24.0 Å². The van der Waals surface area contributed by atoms with E-state index in [-0.39, 0.29) is 44.2 Å². The minimum absolute atomic E-state index is 0.0184. The molecule has 0 spiro atoms. The Labute approximate surface area is 185 Å². The Bertz CT molecular complexity index is 708. The van der Waals surface area contributed by atoms with Crippen molar-refractivity contribution in [2.45, 2.75) is 57.7 Å². The van der Waals surface area contributed by atoms with E-state index in [1.807, 2.05) is 13.8 Å². The lowest BCUT2D eigenvalue weighted by molar-refractivity contribution is -0.147. The van der Waals surface area contributed by atoms with Crippen LogP contribution >= 0.6 is 0 Å². The highest BCUT2D eigenvalue weighted by molar-refractivity contribution is 5.94. The molecule has 14 heteroatoms. The second kappa shape index (κ2) is 14.6. The zero-order chi connectivity index (χ0) is 24.8. The van der Waals surface area contributed by atoms with Crippen LogP contribution in [0.15, 0.2) is 4.99 Å². The van der Waals surface area contributed by atoms with Gasteiger partial charge in [-0.05, 0) is 25.2 Å². The van der Waals surface area contributed by atoms with Crippen LogP contribution in [0.2, 0.25) is 0 Å². The van der Waals surface area contributed by atoms with E-state index >= 15 is 0 Å². The highest BCUT2D eigenvalue weighted by Crippen LogP contribution is 2.07. The predicted octanol–water partition coefficient (Wildman–Crippen LogP) is -2.94. The van der Waals surface area contributed by atoms with Crippen LogP contribution in [0.1, 0.15) is 39.5 Å². The molecule has 11 N–H and O–H groups in total. The monoisotopic (exact) mass is 459 g/mol. The molecule has 0 aromatic carbocycles. The Morgan fingerprint density at radius 2 is 1.47 bits per heavy atom. The largest absolute Gasteiger partial charge is 0.481 e. The second-order valence-corrected chi connectivity index (χ2v) is 7.46. The minimum atomic E-state index is -1.69. The molecule has 182 valence electrons. The molecule has 32 heavy (non-hydrogen) atoms. The molecule has 0 aromatic heterocycles. The van der Waals surface area contributed by atoms with Crippen molar-refractivity contribution in [1.29, 1.82) is 0 Å². The number of hydrogen-bond donors (Lipinski definition) is 8. The summed E-state index contributed by atoms with van der Waals surface area (Å²) >= 11 is 0. The predicted molar refractivity (Wildman–Crippen MR) is 114 cm³/mol. The van der Waals surface area contributed by atoms with Crippen molar-refractivity contribution in [2.24, 2.45) is 28.1 Å². The zero-order valence-corrected chi connectivity index (χ0v) is 18.2. The fourth-order valence-corrected chi connectivity index (χ4v) is 2.65. The molecule has 0 saturated carbocycles. The van der Waals surface area contributed by atoms with Gasteiger partial charge in [-0.1, -0.05) is 13.8 Å². The van der Waals surface area contributed by atoms with Gasteiger partial charge in [0, 0.05) is 6.54 Å². The summed E-state index contributed by atoms with van der Waals surface area (Å²) in [4.78, 5) is 63.0. The van der Waals surface area contributed by atoms with Crippen LogP contribution in [0.4, 0.5) is 0 Å². The summed E-state index contributed by atoms with van der Waals surface area (Å²) in [7, 11) is 0. The second-order valence-electron chi connectivity index (χ2n) is 7.46. The molecule has 0 aliphatic rings. The third kappa shape index (κ3) is 12.3. The van der Waals surface area contributed by atoms with Crippen LogP contribution in [-0.4, -0.2) is 77.0 Å². The van der Waals surface area contributed by atoms with Gasteiger partial charge in [0.2, 0.25) is 17.7 Å². The molecule has 0 bridgehead atoms. The summed E-state index contributed by atoms with van der Waals surface area (Å²) in [5.74, 6) is -5.25. The van der Waals surface area contributed by atoms with Crippen LogP contribution in [0, 0.1) is 5.92 Å². The van der Waals surface area contributed by atoms with Gasteiger partial charge in [0.15, 0.2) is 5.96 Å². The molecule has 0 aliphatic heterocycles. The number of nitrogens with zero attached hydrogens (tertiary/aromatic N) is 1. The number of hydrogen-bond acceptors (Lipinski definition) is 7. The molecule has 0 fully saturated rings. The van der Waals surface area contributed by atoms with Gasteiger partial charge >= 0.3 is 11.9 Å². The van der Waals surface area contributed by atoms with Gasteiger partial charge in [0.25, 0.3) is 0 Å². The summed E-state index contributed by atoms with van der Waals surface area (Å²) in [5.41, 5.74) is 15.8. The molecule has 0 heterocycles. The average molecular weight is 460 g/mol. The Kier molecular flexibility index (Phi) is 13.0. The third-order valence-corrected chi connectivity index (χ3v) is 4.12. The van der Waals surface area contributed by atoms with Gasteiger partial charge < -0.3 is 43.4 Å². The fourth-order valence-electron chi connectivity index (χ4n) is 2.65. The summed E-state index contributed by atoms with van der Waals surface area (Å²) in [6, 6.07) is -3.90. The first-order valence-corrected chi connectivity index (χ1v) is 9.97. The first-order chi connectivity index (χ1) is 14.9. The molecule has 0 rings (SSSR count). The normalized spacial score (nSPS) is 13.4. The van der Waals surface area contributed by atoms with E-state index in [1.54, 1.807) is 0 Å². The maximum absolute atomic E-state index is 12.8. The van der Waals surface area contributed by atoms with Gasteiger partial charge in [0.1, 0.15) is 18.1 Å². The molecule has 0 aromatic rings. The first kappa shape index (κ1) is 28.6. The number of rotatable bonds is 15. The molecule has 0 radical (unpaired) electrons. The fraction of sp³-hybridized carbons (Fsp3) is 0.667. The smallest absolute Gasteiger partial charge is 0.326 e. The lowest BCUT2D eigenvalue weighted by atomic mass is 10.0. The molecule has 0 aliphatic carbocycles. The SMILES string of the molecule is CC(C)CC(NC(=O)CN)C(=O)NC(CCCN=C(N)N)C(=O)NC(CC(=O)O)C(=O)O. The number of nitrogens with one attached hydrogen (secondary N) is 3. The standard InChI is InChI=1S/C18H33N7O7/c1-9(2)6-11(23-13(26)8-19)16(30)24-10(4-3-5-22-18(20)21)15(29)25-12(17(31)32)7-14(27)28/h9-12H,3-8,19H2,1-2H3,(H,23,26)(H,24,30)(H,25,29)(H,27,28)(H,31,32)(H4,20,21,22).